The smallest absolute Gasteiger partial charge is 0.253 e. The van der Waals surface area contributed by atoms with Gasteiger partial charge in [-0.25, -0.2) is 0 Å². The van der Waals surface area contributed by atoms with Gasteiger partial charge in [-0.2, -0.15) is 0 Å². The molecule has 21 heavy (non-hydrogen) atoms. The number of nitrogens with zero attached hydrogens (tertiary/aromatic N) is 1. The number of benzene rings is 1. The van der Waals surface area contributed by atoms with E-state index in [2.05, 4.69) is 34.4 Å². The summed E-state index contributed by atoms with van der Waals surface area (Å²) in [5, 5.41) is 3.37. The number of hydrogen-bond donors (Lipinski definition) is 1. The Morgan fingerprint density at radius 1 is 1.24 bits per heavy atom. The molecule has 2 aliphatic heterocycles. The summed E-state index contributed by atoms with van der Waals surface area (Å²) in [5.41, 5.74) is 2.40. The van der Waals surface area contributed by atoms with Gasteiger partial charge in [0.1, 0.15) is 5.54 Å². The lowest BCUT2D eigenvalue weighted by Gasteiger charge is -2.24. The third kappa shape index (κ3) is 2.23. The fraction of sp³-hybridized carbons (Fsp3) is 0.235. The molecule has 4 heteroatoms. The fourth-order valence-corrected chi connectivity index (χ4v) is 3.35. The topological polar surface area (TPSA) is 32.3 Å². The molecule has 0 bridgehead atoms. The molecule has 1 aromatic rings. The van der Waals surface area contributed by atoms with Gasteiger partial charge in [-0.15, -0.1) is 0 Å². The van der Waals surface area contributed by atoms with Crippen molar-refractivity contribution in [1.82, 2.24) is 5.32 Å². The molecule has 3 rings (SSSR count). The van der Waals surface area contributed by atoms with Gasteiger partial charge in [0.15, 0.2) is 0 Å². The van der Waals surface area contributed by atoms with Crippen LogP contribution < -0.4 is 10.2 Å². The Balaban J connectivity index is 1.87. The summed E-state index contributed by atoms with van der Waals surface area (Å²) in [6, 6.07) is 7.84. The van der Waals surface area contributed by atoms with E-state index in [-0.39, 0.29) is 5.91 Å². The van der Waals surface area contributed by atoms with Gasteiger partial charge in [-0.3, -0.25) is 4.79 Å². The van der Waals surface area contributed by atoms with E-state index in [1.54, 1.807) is 6.08 Å². The maximum atomic E-state index is 12.9. The monoisotopic (exact) mass is 344 g/mol. The van der Waals surface area contributed by atoms with Gasteiger partial charge in [0, 0.05) is 28.8 Å². The average molecular weight is 345 g/mol. The van der Waals surface area contributed by atoms with Crippen molar-refractivity contribution in [3.63, 3.8) is 0 Å². The van der Waals surface area contributed by atoms with Crippen LogP contribution in [-0.2, 0) is 4.79 Å². The molecule has 1 N–H and O–H groups in total. The quantitative estimate of drug-likeness (QED) is 0.909. The summed E-state index contributed by atoms with van der Waals surface area (Å²) in [5.74, 6) is 0.126. The maximum Gasteiger partial charge on any atom is 0.253 e. The number of amides is 1. The highest BCUT2D eigenvalue weighted by molar-refractivity contribution is 9.10. The van der Waals surface area contributed by atoms with Crippen molar-refractivity contribution in [2.75, 3.05) is 11.4 Å². The molecule has 0 aromatic heterocycles. The van der Waals surface area contributed by atoms with E-state index in [0.717, 1.165) is 34.4 Å². The summed E-state index contributed by atoms with van der Waals surface area (Å²) in [6.07, 6.45) is 5.05. The highest BCUT2D eigenvalue weighted by atomic mass is 79.9. The van der Waals surface area contributed by atoms with Crippen LogP contribution in [0.1, 0.15) is 12.8 Å². The number of anilines is 1. The number of hydrogen-bond acceptors (Lipinski definition) is 2. The summed E-state index contributed by atoms with van der Waals surface area (Å²) in [6.45, 7) is 8.37. The summed E-state index contributed by atoms with van der Waals surface area (Å²) in [4.78, 5) is 14.7. The summed E-state index contributed by atoms with van der Waals surface area (Å²) >= 11 is 3.42. The molecular weight excluding hydrogens is 328 g/mol. The zero-order valence-electron chi connectivity index (χ0n) is 11.7. The van der Waals surface area contributed by atoms with Gasteiger partial charge in [0.25, 0.3) is 5.91 Å². The lowest BCUT2D eigenvalue weighted by Crippen LogP contribution is -2.48. The number of nitrogens with one attached hydrogen (secondary N) is 1. The van der Waals surface area contributed by atoms with Gasteiger partial charge < -0.3 is 10.2 Å². The molecule has 108 valence electrons. The van der Waals surface area contributed by atoms with E-state index >= 15 is 0 Å². The minimum atomic E-state index is -0.528. The number of carbonyl (C=O) groups is 1. The third-order valence-corrected chi connectivity index (χ3v) is 4.75. The molecule has 2 aliphatic rings. The van der Waals surface area contributed by atoms with Crippen molar-refractivity contribution in [2.45, 2.75) is 18.4 Å². The van der Waals surface area contributed by atoms with Crippen molar-refractivity contribution in [3.05, 3.63) is 65.3 Å². The van der Waals surface area contributed by atoms with Gasteiger partial charge in [-0.1, -0.05) is 35.2 Å². The highest BCUT2D eigenvalue weighted by Gasteiger charge is 2.50. The van der Waals surface area contributed by atoms with Crippen LogP contribution in [-0.4, -0.2) is 18.0 Å². The Kier molecular flexibility index (Phi) is 3.49. The molecular formula is C17H17BrN2O. The largest absolute Gasteiger partial charge is 0.371 e. The average Bonchev–Trinajstić information content (AvgIpc) is 3.02. The van der Waals surface area contributed by atoms with Gasteiger partial charge in [0.2, 0.25) is 0 Å². The number of carbonyl (C=O) groups excluding carboxylic acids is 1. The van der Waals surface area contributed by atoms with Crippen LogP contribution in [0.4, 0.5) is 5.69 Å². The van der Waals surface area contributed by atoms with E-state index in [1.165, 1.54) is 0 Å². The SMILES string of the molecule is C=CC1=C(C=C)NC2(CCN(c3ccc(Br)cc3)C2=O)C1. The Morgan fingerprint density at radius 3 is 2.52 bits per heavy atom. The number of allylic oxidation sites excluding steroid dienone is 2. The van der Waals surface area contributed by atoms with Crippen molar-refractivity contribution in [3.8, 4) is 0 Å². The molecule has 0 aliphatic carbocycles. The van der Waals surface area contributed by atoms with Crippen molar-refractivity contribution in [2.24, 2.45) is 0 Å². The lowest BCUT2D eigenvalue weighted by molar-refractivity contribution is -0.122. The molecule has 2 heterocycles. The Morgan fingerprint density at radius 2 is 1.95 bits per heavy atom. The molecule has 1 spiro atoms. The second kappa shape index (κ2) is 5.19. The highest BCUT2D eigenvalue weighted by Crippen LogP contribution is 2.38. The number of halogens is 1. The fourth-order valence-electron chi connectivity index (χ4n) is 3.08. The molecule has 3 nitrogen and oxygen atoms in total. The van der Waals surface area contributed by atoms with Crippen LogP contribution in [0, 0.1) is 0 Å². The zero-order chi connectivity index (χ0) is 15.0. The van der Waals surface area contributed by atoms with Crippen LogP contribution in [0.3, 0.4) is 0 Å². The zero-order valence-corrected chi connectivity index (χ0v) is 13.3. The van der Waals surface area contributed by atoms with Crippen LogP contribution in [0.25, 0.3) is 0 Å². The van der Waals surface area contributed by atoms with Gasteiger partial charge in [0.05, 0.1) is 0 Å². The van der Waals surface area contributed by atoms with Crippen molar-refractivity contribution >= 4 is 27.5 Å². The van der Waals surface area contributed by atoms with E-state index < -0.39 is 5.54 Å². The Labute approximate surface area is 133 Å². The predicted octanol–water partition coefficient (Wildman–Crippen LogP) is 3.54. The maximum absolute atomic E-state index is 12.9. The van der Waals surface area contributed by atoms with E-state index in [9.17, 15) is 4.79 Å². The van der Waals surface area contributed by atoms with Crippen molar-refractivity contribution in [1.29, 1.82) is 0 Å². The molecule has 1 atom stereocenters. The summed E-state index contributed by atoms with van der Waals surface area (Å²) in [7, 11) is 0. The molecule has 1 fully saturated rings. The van der Waals surface area contributed by atoms with E-state index in [0.29, 0.717) is 6.42 Å². The summed E-state index contributed by atoms with van der Waals surface area (Å²) < 4.78 is 1.01. The van der Waals surface area contributed by atoms with E-state index in [1.807, 2.05) is 35.2 Å². The molecule has 1 amide bonds. The molecule has 0 radical (unpaired) electrons. The predicted molar refractivity (Wildman–Crippen MR) is 89.0 cm³/mol. The van der Waals surface area contributed by atoms with Gasteiger partial charge >= 0.3 is 0 Å². The van der Waals surface area contributed by atoms with Gasteiger partial charge in [-0.05, 0) is 42.3 Å². The minimum Gasteiger partial charge on any atom is -0.371 e. The lowest BCUT2D eigenvalue weighted by atomic mass is 9.93. The molecule has 0 saturated carbocycles. The first-order chi connectivity index (χ1) is 10.1. The first kappa shape index (κ1) is 14.1. The first-order valence-electron chi connectivity index (χ1n) is 6.93. The number of rotatable bonds is 3. The molecule has 1 unspecified atom stereocenters. The normalized spacial score (nSPS) is 24.6. The second-order valence-electron chi connectivity index (χ2n) is 5.41. The Hall–Kier alpha value is -1.81. The minimum absolute atomic E-state index is 0.126. The van der Waals surface area contributed by atoms with Crippen LogP contribution in [0.5, 0.6) is 0 Å². The standard InChI is InChI=1S/C17H17BrN2O/c1-3-12-11-17(19-15(12)4-2)9-10-20(16(17)21)14-7-5-13(18)6-8-14/h3-8,19H,1-2,9-11H2. The second-order valence-corrected chi connectivity index (χ2v) is 6.33. The molecule has 1 saturated heterocycles. The van der Waals surface area contributed by atoms with Crippen LogP contribution >= 0.6 is 15.9 Å². The van der Waals surface area contributed by atoms with E-state index in [4.69, 9.17) is 0 Å². The van der Waals surface area contributed by atoms with Crippen LogP contribution in [0.15, 0.2) is 65.3 Å². The van der Waals surface area contributed by atoms with Crippen molar-refractivity contribution < 1.29 is 4.79 Å². The molecule has 1 aromatic carbocycles. The third-order valence-electron chi connectivity index (χ3n) is 4.22. The first-order valence-corrected chi connectivity index (χ1v) is 7.73. The Bertz CT molecular complexity index is 625. The van der Waals surface area contributed by atoms with Crippen LogP contribution in [0.2, 0.25) is 0 Å².